The van der Waals surface area contributed by atoms with Crippen LogP contribution in [-0.2, 0) is 9.59 Å². The molecule has 1 aliphatic carbocycles. The summed E-state index contributed by atoms with van der Waals surface area (Å²) < 4.78 is 27.4. The average molecular weight is 399 g/mol. The number of hydrogen-bond acceptors (Lipinski definition) is 3. The Balaban J connectivity index is 1.51. The number of amides is 3. The second kappa shape index (κ2) is 6.65. The number of anilines is 3. The highest BCUT2D eigenvalue weighted by Gasteiger charge is 2.64. The molecule has 0 radical (unpaired) electrons. The van der Waals surface area contributed by atoms with Gasteiger partial charge in [-0.15, -0.1) is 0 Å². The van der Waals surface area contributed by atoms with Gasteiger partial charge in [0.05, 0.1) is 11.4 Å². The van der Waals surface area contributed by atoms with Crippen LogP contribution >= 0.6 is 0 Å². The van der Waals surface area contributed by atoms with Crippen molar-refractivity contribution in [3.63, 3.8) is 0 Å². The number of hydrogen-bond donors (Lipinski definition) is 2. The predicted octanol–water partition coefficient (Wildman–Crippen LogP) is 3.66. The number of nitrogens with one attached hydrogen (secondary N) is 2. The minimum absolute atomic E-state index is 0.109. The Labute approximate surface area is 165 Å². The van der Waals surface area contributed by atoms with Crippen LogP contribution in [0.4, 0.5) is 25.8 Å². The number of carbonyl (C=O) groups is 3. The van der Waals surface area contributed by atoms with Gasteiger partial charge in [-0.3, -0.25) is 19.3 Å². The molecule has 0 atom stereocenters. The smallest absolute Gasteiger partial charge is 0.259 e. The topological polar surface area (TPSA) is 78.5 Å². The second-order valence-electron chi connectivity index (χ2n) is 7.46. The zero-order valence-electron chi connectivity index (χ0n) is 15.7. The van der Waals surface area contributed by atoms with Crippen molar-refractivity contribution in [2.24, 2.45) is 5.41 Å². The number of fused-ring (bicyclic) bond motifs is 1. The Kier molecular flexibility index (Phi) is 4.37. The summed E-state index contributed by atoms with van der Waals surface area (Å²) in [4.78, 5) is 38.5. The lowest BCUT2D eigenvalue weighted by Crippen LogP contribution is -2.42. The monoisotopic (exact) mass is 399 g/mol. The zero-order chi connectivity index (χ0) is 20.8. The maximum absolute atomic E-state index is 13.7. The SMILES string of the molecule is CC(F)(F)C1(C(=O)Nc2ccc(C(=O)N3CC(=O)Nc4ccccc43)cc2)CC1. The number of rotatable bonds is 4. The molecule has 3 amide bonds. The quantitative estimate of drug-likeness (QED) is 0.824. The molecule has 2 aromatic rings. The van der Waals surface area contributed by atoms with Crippen LogP contribution in [0.1, 0.15) is 30.1 Å². The summed E-state index contributed by atoms with van der Waals surface area (Å²) in [5.74, 6) is -4.47. The van der Waals surface area contributed by atoms with E-state index in [4.69, 9.17) is 0 Å². The predicted molar refractivity (Wildman–Crippen MR) is 104 cm³/mol. The molecule has 0 spiro atoms. The highest BCUT2D eigenvalue weighted by Crippen LogP contribution is 2.57. The van der Waals surface area contributed by atoms with Gasteiger partial charge in [-0.25, -0.2) is 8.78 Å². The first-order valence-corrected chi connectivity index (χ1v) is 9.21. The molecule has 1 saturated carbocycles. The molecule has 2 aromatic carbocycles. The van der Waals surface area contributed by atoms with Gasteiger partial charge in [0.2, 0.25) is 11.8 Å². The highest BCUT2D eigenvalue weighted by atomic mass is 19.3. The van der Waals surface area contributed by atoms with E-state index < -0.39 is 17.2 Å². The molecule has 2 N–H and O–H groups in total. The largest absolute Gasteiger partial charge is 0.325 e. The van der Waals surface area contributed by atoms with Crippen molar-refractivity contribution >= 4 is 34.8 Å². The van der Waals surface area contributed by atoms with E-state index in [1.807, 2.05) is 0 Å². The summed E-state index contributed by atoms with van der Waals surface area (Å²) in [5, 5.41) is 5.23. The first-order valence-electron chi connectivity index (χ1n) is 9.21. The van der Waals surface area contributed by atoms with Crippen LogP contribution in [0.2, 0.25) is 0 Å². The van der Waals surface area contributed by atoms with Gasteiger partial charge in [0.25, 0.3) is 11.8 Å². The first kappa shape index (κ1) is 19.0. The van der Waals surface area contributed by atoms with Crippen LogP contribution in [-0.4, -0.2) is 30.2 Å². The Morgan fingerprint density at radius 1 is 1.10 bits per heavy atom. The molecular weight excluding hydrogens is 380 g/mol. The minimum atomic E-state index is -3.09. The molecule has 4 rings (SSSR count). The van der Waals surface area contributed by atoms with E-state index >= 15 is 0 Å². The average Bonchev–Trinajstić information content (AvgIpc) is 3.49. The van der Waals surface area contributed by atoms with Gasteiger partial charge in [0.15, 0.2) is 0 Å². The van der Waals surface area contributed by atoms with Crippen molar-refractivity contribution in [2.45, 2.75) is 25.7 Å². The Bertz CT molecular complexity index is 995. The van der Waals surface area contributed by atoms with Crippen LogP contribution in [0.25, 0.3) is 0 Å². The van der Waals surface area contributed by atoms with Crippen LogP contribution in [0.5, 0.6) is 0 Å². The van der Waals surface area contributed by atoms with Crippen molar-refractivity contribution < 1.29 is 23.2 Å². The molecule has 2 aliphatic rings. The summed E-state index contributed by atoms with van der Waals surface area (Å²) in [7, 11) is 0. The molecule has 6 nitrogen and oxygen atoms in total. The molecule has 150 valence electrons. The molecule has 0 unspecified atom stereocenters. The number of nitrogens with zero attached hydrogens (tertiary/aromatic N) is 1. The lowest BCUT2D eigenvalue weighted by atomic mass is 9.98. The van der Waals surface area contributed by atoms with Gasteiger partial charge < -0.3 is 10.6 Å². The van der Waals surface area contributed by atoms with Gasteiger partial charge in [-0.2, -0.15) is 0 Å². The standard InChI is InChI=1S/C21H19F2N3O3/c1-20(22,23)21(10-11-21)19(29)24-14-8-6-13(7-9-14)18(28)26-12-17(27)25-15-4-2-3-5-16(15)26/h2-9H,10-12H2,1H3,(H,24,29)(H,25,27). The first-order chi connectivity index (χ1) is 13.7. The van der Waals surface area contributed by atoms with Crippen LogP contribution in [0.3, 0.4) is 0 Å². The molecule has 1 heterocycles. The van der Waals surface area contributed by atoms with E-state index in [0.29, 0.717) is 22.6 Å². The van der Waals surface area contributed by atoms with Gasteiger partial charge in [0.1, 0.15) is 12.0 Å². The summed E-state index contributed by atoms with van der Waals surface area (Å²) in [6.45, 7) is 0.649. The van der Waals surface area contributed by atoms with Crippen molar-refractivity contribution in [1.29, 1.82) is 0 Å². The van der Waals surface area contributed by atoms with Crippen LogP contribution in [0.15, 0.2) is 48.5 Å². The Morgan fingerprint density at radius 3 is 2.38 bits per heavy atom. The van der Waals surface area contributed by atoms with Gasteiger partial charge in [-0.05, 0) is 49.2 Å². The third kappa shape index (κ3) is 3.35. The molecule has 0 aromatic heterocycles. The van der Waals surface area contributed by atoms with E-state index in [2.05, 4.69) is 10.6 Å². The number of benzene rings is 2. The summed E-state index contributed by atoms with van der Waals surface area (Å²) in [6.07, 6.45) is 0.296. The maximum Gasteiger partial charge on any atom is 0.259 e. The minimum Gasteiger partial charge on any atom is -0.325 e. The molecule has 0 saturated heterocycles. The van der Waals surface area contributed by atoms with E-state index in [9.17, 15) is 23.2 Å². The van der Waals surface area contributed by atoms with Crippen molar-refractivity contribution in [3.8, 4) is 0 Å². The number of carbonyl (C=O) groups excluding carboxylic acids is 3. The highest BCUT2D eigenvalue weighted by molar-refractivity contribution is 6.15. The van der Waals surface area contributed by atoms with E-state index in [-0.39, 0.29) is 31.2 Å². The fourth-order valence-corrected chi connectivity index (χ4v) is 3.51. The van der Waals surface area contributed by atoms with Crippen molar-refractivity contribution in [1.82, 2.24) is 0 Å². The Hall–Kier alpha value is -3.29. The maximum atomic E-state index is 13.7. The molecule has 8 heteroatoms. The normalized spacial score (nSPS) is 17.2. The lowest BCUT2D eigenvalue weighted by Gasteiger charge is -2.29. The molecule has 0 bridgehead atoms. The fourth-order valence-electron chi connectivity index (χ4n) is 3.51. The number of halogens is 2. The zero-order valence-corrected chi connectivity index (χ0v) is 15.7. The molecule has 1 fully saturated rings. The summed E-state index contributed by atoms with van der Waals surface area (Å²) in [5.41, 5.74) is 0.145. The summed E-state index contributed by atoms with van der Waals surface area (Å²) in [6, 6.07) is 13.0. The van der Waals surface area contributed by atoms with Crippen LogP contribution in [0, 0.1) is 5.41 Å². The van der Waals surface area contributed by atoms with E-state index in [0.717, 1.165) is 6.92 Å². The lowest BCUT2D eigenvalue weighted by molar-refractivity contribution is -0.136. The van der Waals surface area contributed by atoms with Crippen molar-refractivity contribution in [2.75, 3.05) is 22.1 Å². The van der Waals surface area contributed by atoms with E-state index in [1.165, 1.54) is 29.2 Å². The third-order valence-electron chi connectivity index (χ3n) is 5.43. The molecule has 29 heavy (non-hydrogen) atoms. The second-order valence-corrected chi connectivity index (χ2v) is 7.46. The van der Waals surface area contributed by atoms with E-state index in [1.54, 1.807) is 24.3 Å². The third-order valence-corrected chi connectivity index (χ3v) is 5.43. The van der Waals surface area contributed by atoms with Crippen molar-refractivity contribution in [3.05, 3.63) is 54.1 Å². The number of alkyl halides is 2. The van der Waals surface area contributed by atoms with Crippen LogP contribution < -0.4 is 15.5 Å². The molecular formula is C21H19F2N3O3. The van der Waals surface area contributed by atoms with Gasteiger partial charge >= 0.3 is 0 Å². The number of para-hydroxylation sites is 2. The molecule has 1 aliphatic heterocycles. The van der Waals surface area contributed by atoms with Gasteiger partial charge in [-0.1, -0.05) is 12.1 Å². The summed E-state index contributed by atoms with van der Waals surface area (Å²) >= 11 is 0. The Morgan fingerprint density at radius 2 is 1.76 bits per heavy atom. The fraction of sp³-hybridized carbons (Fsp3) is 0.286. The van der Waals surface area contributed by atoms with Gasteiger partial charge in [0, 0.05) is 18.2 Å².